The Morgan fingerprint density at radius 2 is 1.81 bits per heavy atom. The monoisotopic (exact) mass is 369 g/mol. The average Bonchev–Trinajstić information content (AvgIpc) is 3.11. The molecule has 0 aromatic heterocycles. The summed E-state index contributed by atoms with van der Waals surface area (Å²) in [5, 5.41) is 0. The first-order chi connectivity index (χ1) is 13.0. The van der Waals surface area contributed by atoms with Crippen LogP contribution in [0.4, 0.5) is 4.79 Å². The number of carbonyl (C=O) groups excluding carboxylic acids is 2. The van der Waals surface area contributed by atoms with Crippen molar-refractivity contribution in [2.75, 3.05) is 27.3 Å². The summed E-state index contributed by atoms with van der Waals surface area (Å²) in [5.74, 6) is 1.51. The van der Waals surface area contributed by atoms with Gasteiger partial charge in [0.2, 0.25) is 11.5 Å². The van der Waals surface area contributed by atoms with E-state index >= 15 is 0 Å². The quantitative estimate of drug-likeness (QED) is 0.718. The average molecular weight is 369 g/mol. The Morgan fingerprint density at radius 1 is 1.07 bits per heavy atom. The summed E-state index contributed by atoms with van der Waals surface area (Å²) in [4.78, 5) is 34.7. The van der Waals surface area contributed by atoms with E-state index in [9.17, 15) is 9.59 Å². The van der Waals surface area contributed by atoms with Gasteiger partial charge in [0.1, 0.15) is 0 Å². The molecule has 0 saturated carbocycles. The molecule has 0 saturated heterocycles. The predicted molar refractivity (Wildman–Crippen MR) is 102 cm³/mol. The first kappa shape index (κ1) is 18.5. The lowest BCUT2D eigenvalue weighted by Gasteiger charge is -2.19. The third kappa shape index (κ3) is 3.25. The minimum absolute atomic E-state index is 0.199. The fourth-order valence-corrected chi connectivity index (χ4v) is 2.90. The van der Waals surface area contributed by atoms with Crippen molar-refractivity contribution in [2.24, 2.45) is 9.98 Å². The summed E-state index contributed by atoms with van der Waals surface area (Å²) in [6.45, 7) is 4.28. The number of carbonyl (C=O) groups is 2. The Bertz CT molecular complexity index is 928. The first-order valence-electron chi connectivity index (χ1n) is 8.62. The molecule has 0 aliphatic carbocycles. The molecule has 8 heteroatoms. The molecular weight excluding hydrogens is 348 g/mol. The van der Waals surface area contributed by atoms with E-state index < -0.39 is 5.91 Å². The van der Waals surface area contributed by atoms with Gasteiger partial charge in [-0.3, -0.25) is 0 Å². The van der Waals surface area contributed by atoms with Gasteiger partial charge in [-0.25, -0.2) is 9.59 Å². The molecule has 0 N–H and O–H groups in total. The summed E-state index contributed by atoms with van der Waals surface area (Å²) in [5.41, 5.74) is 1.06. The summed E-state index contributed by atoms with van der Waals surface area (Å²) < 4.78 is 12.0. The van der Waals surface area contributed by atoms with Crippen LogP contribution >= 0.6 is 0 Å². The number of amidine groups is 2. The first-order valence-corrected chi connectivity index (χ1v) is 8.62. The number of hydrogen-bond acceptors (Lipinski definition) is 6. The van der Waals surface area contributed by atoms with E-state index in [0.29, 0.717) is 29.7 Å². The highest BCUT2D eigenvalue weighted by Gasteiger charge is 2.46. The fourth-order valence-electron chi connectivity index (χ4n) is 2.90. The van der Waals surface area contributed by atoms with E-state index in [0.717, 1.165) is 5.56 Å². The molecule has 0 spiro atoms. The van der Waals surface area contributed by atoms with Crippen LogP contribution in [0.2, 0.25) is 0 Å². The lowest BCUT2D eigenvalue weighted by molar-refractivity contribution is -0.431. The number of hydrogen-bond donors (Lipinski definition) is 0. The largest absolute Gasteiger partial charge is 0.493 e. The van der Waals surface area contributed by atoms with Gasteiger partial charge in [0.15, 0.2) is 11.5 Å². The van der Waals surface area contributed by atoms with E-state index in [2.05, 4.69) is 9.98 Å². The SMILES string of the molecule is CCN1C(=O)C2=NC(/C=C/c3ccc(OC)c(OC)c3)=NC2=[N+](CC)C1=O. The van der Waals surface area contributed by atoms with Crippen molar-refractivity contribution in [2.45, 2.75) is 13.8 Å². The number of methoxy groups -OCH3 is 2. The van der Waals surface area contributed by atoms with Crippen molar-refractivity contribution >= 4 is 35.4 Å². The number of fused-ring (bicyclic) bond motifs is 1. The molecule has 140 valence electrons. The lowest BCUT2D eigenvalue weighted by Crippen LogP contribution is -2.54. The Labute approximate surface area is 157 Å². The topological polar surface area (TPSA) is 83.6 Å². The zero-order valence-corrected chi connectivity index (χ0v) is 15.7. The summed E-state index contributed by atoms with van der Waals surface area (Å²) in [6, 6.07) is 5.12. The molecule has 0 atom stereocenters. The number of rotatable bonds is 6. The third-order valence-electron chi connectivity index (χ3n) is 4.29. The lowest BCUT2D eigenvalue weighted by atomic mass is 10.2. The number of nitrogens with zero attached hydrogens (tertiary/aromatic N) is 4. The van der Waals surface area contributed by atoms with Crippen LogP contribution in [0.1, 0.15) is 19.4 Å². The molecule has 8 nitrogen and oxygen atoms in total. The van der Waals surface area contributed by atoms with Gasteiger partial charge < -0.3 is 9.47 Å². The standard InChI is InChI=1S/C19H21N4O4/c1-5-22-17-16(18(24)23(6-2)19(22)25)20-15(21-17)10-8-12-7-9-13(26-3)14(11-12)27-4/h7-11H,5-6H2,1-4H3/q+1/b10-8+. The maximum atomic E-state index is 12.5. The molecular formula is C19H21N4O4+. The van der Waals surface area contributed by atoms with Crippen molar-refractivity contribution in [3.05, 3.63) is 29.8 Å². The second-order valence-electron chi connectivity index (χ2n) is 5.78. The molecule has 0 bridgehead atoms. The number of benzene rings is 1. The van der Waals surface area contributed by atoms with Crippen LogP contribution in [-0.4, -0.2) is 66.1 Å². The zero-order valence-electron chi connectivity index (χ0n) is 15.7. The number of amides is 3. The van der Waals surface area contributed by atoms with Crippen LogP contribution in [-0.2, 0) is 4.79 Å². The number of imide groups is 1. The van der Waals surface area contributed by atoms with Gasteiger partial charge >= 0.3 is 17.8 Å². The maximum absolute atomic E-state index is 12.5. The molecule has 1 aromatic rings. The van der Waals surface area contributed by atoms with Gasteiger partial charge in [0, 0.05) is 6.08 Å². The Hall–Kier alpha value is -3.29. The molecule has 27 heavy (non-hydrogen) atoms. The molecule has 0 fully saturated rings. The Kier molecular flexibility index (Phi) is 5.16. The van der Waals surface area contributed by atoms with Crippen molar-refractivity contribution in [1.82, 2.24) is 4.90 Å². The van der Waals surface area contributed by atoms with Gasteiger partial charge in [-0.05, 0) is 37.6 Å². The van der Waals surface area contributed by atoms with E-state index in [1.807, 2.05) is 25.1 Å². The normalized spacial score (nSPS) is 16.7. The van der Waals surface area contributed by atoms with Gasteiger partial charge in [-0.2, -0.15) is 14.5 Å². The second-order valence-corrected chi connectivity index (χ2v) is 5.78. The molecule has 3 rings (SSSR count). The minimum Gasteiger partial charge on any atom is -0.493 e. The third-order valence-corrected chi connectivity index (χ3v) is 4.29. The van der Waals surface area contributed by atoms with Gasteiger partial charge in [-0.15, -0.1) is 0 Å². The predicted octanol–water partition coefficient (Wildman–Crippen LogP) is 1.98. The highest BCUT2D eigenvalue weighted by molar-refractivity contribution is 6.70. The van der Waals surface area contributed by atoms with Crippen molar-refractivity contribution < 1.29 is 23.6 Å². The smallest absolute Gasteiger partial charge is 0.446 e. The molecule has 1 aromatic carbocycles. The highest BCUT2D eigenvalue weighted by Crippen LogP contribution is 2.28. The minimum atomic E-state index is -0.416. The van der Waals surface area contributed by atoms with Gasteiger partial charge in [0.25, 0.3) is 0 Å². The molecule has 2 aliphatic heterocycles. The molecule has 2 aliphatic rings. The fraction of sp³-hybridized carbons (Fsp3) is 0.316. The van der Waals surface area contributed by atoms with Crippen LogP contribution in [0.25, 0.3) is 6.08 Å². The van der Waals surface area contributed by atoms with Gasteiger partial charge in [-0.1, -0.05) is 11.1 Å². The summed E-state index contributed by atoms with van der Waals surface area (Å²) in [7, 11) is 3.15. The van der Waals surface area contributed by atoms with E-state index in [4.69, 9.17) is 9.47 Å². The van der Waals surface area contributed by atoms with Crippen LogP contribution in [0.5, 0.6) is 11.5 Å². The van der Waals surface area contributed by atoms with Crippen LogP contribution in [0.3, 0.4) is 0 Å². The van der Waals surface area contributed by atoms with E-state index in [1.165, 1.54) is 9.48 Å². The number of urea groups is 1. The van der Waals surface area contributed by atoms with Crippen LogP contribution < -0.4 is 9.47 Å². The molecule has 2 heterocycles. The Balaban J connectivity index is 1.93. The number of ether oxygens (including phenoxy) is 2. The second kappa shape index (κ2) is 7.53. The van der Waals surface area contributed by atoms with Gasteiger partial charge in [0.05, 0.1) is 27.3 Å². The Morgan fingerprint density at radius 3 is 2.44 bits per heavy atom. The zero-order chi connectivity index (χ0) is 19.6. The van der Waals surface area contributed by atoms with Crippen molar-refractivity contribution in [3.8, 4) is 11.5 Å². The molecule has 0 unspecified atom stereocenters. The van der Waals surface area contributed by atoms with Crippen molar-refractivity contribution in [1.29, 1.82) is 0 Å². The number of aliphatic imine (C=N–C) groups is 2. The molecule has 3 amide bonds. The molecule has 0 radical (unpaired) electrons. The summed E-state index contributed by atoms with van der Waals surface area (Å²) >= 11 is 0. The van der Waals surface area contributed by atoms with Crippen molar-refractivity contribution in [3.63, 3.8) is 0 Å². The summed E-state index contributed by atoms with van der Waals surface area (Å²) in [6.07, 6.45) is 3.50. The maximum Gasteiger partial charge on any atom is 0.446 e. The van der Waals surface area contributed by atoms with Crippen LogP contribution in [0, 0.1) is 0 Å². The van der Waals surface area contributed by atoms with E-state index in [1.54, 1.807) is 33.3 Å². The van der Waals surface area contributed by atoms with Crippen LogP contribution in [0.15, 0.2) is 34.3 Å². The highest BCUT2D eigenvalue weighted by atomic mass is 16.5. The van der Waals surface area contributed by atoms with E-state index in [-0.39, 0.29) is 18.3 Å².